The van der Waals surface area contributed by atoms with Crippen molar-refractivity contribution in [1.29, 1.82) is 0 Å². The summed E-state index contributed by atoms with van der Waals surface area (Å²) >= 11 is 0. The third kappa shape index (κ3) is 4.86. The van der Waals surface area contributed by atoms with Crippen molar-refractivity contribution >= 4 is 11.6 Å². The lowest BCUT2D eigenvalue weighted by Crippen LogP contribution is -2.37. The summed E-state index contributed by atoms with van der Waals surface area (Å²) in [5.74, 6) is -0.328. The van der Waals surface area contributed by atoms with Crippen molar-refractivity contribution in [3.63, 3.8) is 0 Å². The van der Waals surface area contributed by atoms with E-state index in [1.54, 1.807) is 0 Å². The molecule has 2 aliphatic rings. The van der Waals surface area contributed by atoms with Gasteiger partial charge in [-0.05, 0) is 50.3 Å². The Bertz CT molecular complexity index is 907. The van der Waals surface area contributed by atoms with E-state index in [0.29, 0.717) is 5.56 Å². The van der Waals surface area contributed by atoms with Crippen LogP contribution in [-0.2, 0) is 17.7 Å². The molecule has 174 valence electrons. The highest BCUT2D eigenvalue weighted by atomic mass is 16.5. The fourth-order valence-electron chi connectivity index (χ4n) is 5.30. The first-order chi connectivity index (χ1) is 15.6. The molecule has 1 amide bonds. The van der Waals surface area contributed by atoms with E-state index in [2.05, 4.69) is 52.5 Å². The molecule has 6 nitrogen and oxygen atoms in total. The van der Waals surface area contributed by atoms with E-state index in [4.69, 9.17) is 10.5 Å². The molecule has 0 aliphatic carbocycles. The summed E-state index contributed by atoms with van der Waals surface area (Å²) in [7, 11) is 0. The van der Waals surface area contributed by atoms with Crippen LogP contribution in [0.15, 0.2) is 24.3 Å². The number of hydrogen-bond donors (Lipinski definition) is 1. The molecule has 2 N–H and O–H groups in total. The van der Waals surface area contributed by atoms with Gasteiger partial charge in [0.1, 0.15) is 0 Å². The van der Waals surface area contributed by atoms with Crippen molar-refractivity contribution in [2.45, 2.75) is 52.5 Å². The largest absolute Gasteiger partial charge is 0.379 e. The second-order valence-electron chi connectivity index (χ2n) is 9.10. The van der Waals surface area contributed by atoms with Gasteiger partial charge in [0.2, 0.25) is 0 Å². The van der Waals surface area contributed by atoms with Crippen LogP contribution >= 0.6 is 0 Å². The van der Waals surface area contributed by atoms with Gasteiger partial charge in [0.25, 0.3) is 5.91 Å². The van der Waals surface area contributed by atoms with E-state index in [1.807, 2.05) is 0 Å². The average Bonchev–Trinajstić information content (AvgIpc) is 3.43. The third-order valence-corrected chi connectivity index (χ3v) is 6.95. The first kappa shape index (κ1) is 22.9. The van der Waals surface area contributed by atoms with Gasteiger partial charge in [0, 0.05) is 61.9 Å². The molecule has 3 heterocycles. The number of carbonyl (C=O) groups is 1. The summed E-state index contributed by atoms with van der Waals surface area (Å²) < 4.78 is 7.82. The predicted octanol–water partition coefficient (Wildman–Crippen LogP) is 3.84. The van der Waals surface area contributed by atoms with E-state index in [1.165, 1.54) is 24.2 Å². The van der Waals surface area contributed by atoms with E-state index < -0.39 is 0 Å². The lowest BCUT2D eigenvalue weighted by Gasteiger charge is -2.26. The molecule has 6 heteroatoms. The quantitative estimate of drug-likeness (QED) is 0.646. The summed E-state index contributed by atoms with van der Waals surface area (Å²) in [6.07, 6.45) is 5.55. The number of nitrogens with two attached hydrogens (primary N) is 1. The highest BCUT2D eigenvalue weighted by molar-refractivity contribution is 6.02. The smallest absolute Gasteiger partial charge is 0.251 e. The maximum absolute atomic E-state index is 12.6. The summed E-state index contributed by atoms with van der Waals surface area (Å²) in [4.78, 5) is 17.5. The second kappa shape index (κ2) is 10.5. The Morgan fingerprint density at radius 2 is 1.72 bits per heavy atom. The van der Waals surface area contributed by atoms with Crippen LogP contribution in [0.5, 0.6) is 0 Å². The molecule has 32 heavy (non-hydrogen) atoms. The van der Waals surface area contributed by atoms with Crippen molar-refractivity contribution < 1.29 is 9.53 Å². The van der Waals surface area contributed by atoms with Crippen molar-refractivity contribution in [3.8, 4) is 11.1 Å². The van der Waals surface area contributed by atoms with Gasteiger partial charge in [0.15, 0.2) is 0 Å². The number of morpholine rings is 1. The van der Waals surface area contributed by atoms with Gasteiger partial charge in [-0.3, -0.25) is 9.69 Å². The molecular weight excluding hydrogens is 400 g/mol. The zero-order chi connectivity index (χ0) is 22.5. The normalized spacial score (nSPS) is 17.2. The molecule has 1 aromatic heterocycles. The molecule has 2 saturated heterocycles. The molecule has 0 bridgehead atoms. The molecule has 2 aromatic rings. The van der Waals surface area contributed by atoms with Crippen molar-refractivity contribution in [2.24, 2.45) is 5.73 Å². The first-order valence-corrected chi connectivity index (χ1v) is 12.3. The zero-order valence-corrected chi connectivity index (χ0v) is 19.7. The van der Waals surface area contributed by atoms with Crippen molar-refractivity contribution in [3.05, 3.63) is 41.2 Å². The molecule has 0 radical (unpaired) electrons. The second-order valence-corrected chi connectivity index (χ2v) is 9.10. The summed E-state index contributed by atoms with van der Waals surface area (Å²) in [5, 5.41) is 0. The Balaban J connectivity index is 1.62. The van der Waals surface area contributed by atoms with Crippen LogP contribution in [0.3, 0.4) is 0 Å². The molecule has 2 aliphatic heterocycles. The maximum atomic E-state index is 12.6. The van der Waals surface area contributed by atoms with E-state index in [-0.39, 0.29) is 5.91 Å². The minimum Gasteiger partial charge on any atom is -0.379 e. The Morgan fingerprint density at radius 3 is 2.34 bits per heavy atom. The number of carbonyl (C=O) groups excluding carboxylic acids is 1. The van der Waals surface area contributed by atoms with Crippen LogP contribution in [0.2, 0.25) is 0 Å². The van der Waals surface area contributed by atoms with Crippen LogP contribution in [0.1, 0.15) is 54.4 Å². The predicted molar refractivity (Wildman–Crippen MR) is 130 cm³/mol. The van der Waals surface area contributed by atoms with E-state index in [0.717, 1.165) is 88.6 Å². The van der Waals surface area contributed by atoms with Crippen LogP contribution in [-0.4, -0.2) is 61.3 Å². The monoisotopic (exact) mass is 438 g/mol. The van der Waals surface area contributed by atoms with Crippen molar-refractivity contribution in [1.82, 2.24) is 9.47 Å². The summed E-state index contributed by atoms with van der Waals surface area (Å²) in [5.41, 5.74) is 12.3. The standard InChI is InChI=1S/C26H38N4O2/c1-3-7-23-25(21-8-10-22(11-9-21)29-13-4-5-14-29)24(26(27)31)20(2)30(23)15-6-12-28-16-18-32-19-17-28/h8-11H,3-7,12-19H2,1-2H3,(H2,27,31). The number of aromatic nitrogens is 1. The Morgan fingerprint density at radius 1 is 1.03 bits per heavy atom. The zero-order valence-electron chi connectivity index (χ0n) is 19.7. The van der Waals surface area contributed by atoms with Gasteiger partial charge in [-0.15, -0.1) is 0 Å². The van der Waals surface area contributed by atoms with Crippen molar-refractivity contribution in [2.75, 3.05) is 50.8 Å². The molecule has 0 unspecified atom stereocenters. The lowest BCUT2D eigenvalue weighted by atomic mass is 9.97. The number of rotatable bonds is 9. The van der Waals surface area contributed by atoms with Gasteiger partial charge in [-0.1, -0.05) is 25.5 Å². The van der Waals surface area contributed by atoms with E-state index >= 15 is 0 Å². The van der Waals surface area contributed by atoms with Gasteiger partial charge >= 0.3 is 0 Å². The highest BCUT2D eigenvalue weighted by Gasteiger charge is 2.24. The van der Waals surface area contributed by atoms with Gasteiger partial charge in [0.05, 0.1) is 18.8 Å². The number of ether oxygens (including phenoxy) is 1. The number of nitrogens with zero attached hydrogens (tertiary/aromatic N) is 3. The molecule has 0 atom stereocenters. The van der Waals surface area contributed by atoms with E-state index in [9.17, 15) is 4.79 Å². The molecule has 2 fully saturated rings. The molecular formula is C26H38N4O2. The highest BCUT2D eigenvalue weighted by Crippen LogP contribution is 2.35. The summed E-state index contributed by atoms with van der Waals surface area (Å²) in [6.45, 7) is 12.1. The van der Waals surface area contributed by atoms with Gasteiger partial charge in [-0.2, -0.15) is 0 Å². The Hall–Kier alpha value is -2.31. The van der Waals surface area contributed by atoms with Crippen LogP contribution in [0.4, 0.5) is 5.69 Å². The number of amides is 1. The fraction of sp³-hybridized carbons (Fsp3) is 0.577. The summed E-state index contributed by atoms with van der Waals surface area (Å²) in [6, 6.07) is 8.75. The lowest BCUT2D eigenvalue weighted by molar-refractivity contribution is 0.0369. The van der Waals surface area contributed by atoms with Crippen LogP contribution in [0, 0.1) is 6.92 Å². The molecule has 0 spiro atoms. The van der Waals surface area contributed by atoms with Gasteiger partial charge in [-0.25, -0.2) is 0 Å². The first-order valence-electron chi connectivity index (χ1n) is 12.3. The minimum atomic E-state index is -0.328. The topological polar surface area (TPSA) is 63.7 Å². The number of hydrogen-bond acceptors (Lipinski definition) is 4. The minimum absolute atomic E-state index is 0.328. The number of primary amides is 1. The Kier molecular flexibility index (Phi) is 7.53. The van der Waals surface area contributed by atoms with Gasteiger partial charge < -0.3 is 19.9 Å². The maximum Gasteiger partial charge on any atom is 0.251 e. The molecule has 1 aromatic carbocycles. The fourth-order valence-corrected chi connectivity index (χ4v) is 5.30. The molecule has 0 saturated carbocycles. The number of anilines is 1. The third-order valence-electron chi connectivity index (χ3n) is 6.95. The average molecular weight is 439 g/mol. The molecule has 4 rings (SSSR count). The van der Waals surface area contributed by atoms with Crippen LogP contribution in [0.25, 0.3) is 11.1 Å². The SMILES string of the molecule is CCCc1c(-c2ccc(N3CCCC3)cc2)c(C(N)=O)c(C)n1CCCN1CCOCC1. The number of benzene rings is 1. The van der Waals surface area contributed by atoms with Crippen LogP contribution < -0.4 is 10.6 Å². The Labute approximate surface area is 192 Å².